The number of carboxylic acid groups (broad SMARTS) is 1. The molecule has 2 aromatic rings. The van der Waals surface area contributed by atoms with Crippen LogP contribution in [0.15, 0.2) is 30.3 Å². The maximum atomic E-state index is 14.9. The van der Waals surface area contributed by atoms with E-state index in [0.717, 1.165) is 49.6 Å². The number of amides is 1. The Labute approximate surface area is 244 Å². The summed E-state index contributed by atoms with van der Waals surface area (Å²) < 4.78 is 77.6. The summed E-state index contributed by atoms with van der Waals surface area (Å²) in [6, 6.07) is 8.19. The third-order valence-electron chi connectivity index (χ3n) is 6.52. The van der Waals surface area contributed by atoms with Gasteiger partial charge in [0.15, 0.2) is 0 Å². The van der Waals surface area contributed by atoms with Crippen LogP contribution in [0.5, 0.6) is 5.75 Å². The van der Waals surface area contributed by atoms with Crippen molar-refractivity contribution < 1.29 is 45.4 Å². The van der Waals surface area contributed by atoms with Crippen molar-refractivity contribution in [2.75, 3.05) is 12.8 Å². The lowest BCUT2D eigenvalue weighted by Gasteiger charge is -2.39. The van der Waals surface area contributed by atoms with Crippen LogP contribution in [0.1, 0.15) is 60.0 Å². The van der Waals surface area contributed by atoms with Crippen molar-refractivity contribution in [3.05, 3.63) is 62.9 Å². The lowest BCUT2D eigenvalue weighted by Crippen LogP contribution is -2.48. The predicted octanol–water partition coefficient (Wildman–Crippen LogP) is 5.76. The van der Waals surface area contributed by atoms with Crippen LogP contribution in [-0.4, -0.2) is 61.4 Å². The normalized spacial score (nSPS) is 19.6. The second-order valence-corrected chi connectivity index (χ2v) is 12.6. The van der Waals surface area contributed by atoms with Crippen LogP contribution in [-0.2, 0) is 21.4 Å². The van der Waals surface area contributed by atoms with Gasteiger partial charge in [-0.3, -0.25) is 9.69 Å². The first-order valence-corrected chi connectivity index (χ1v) is 15.1. The number of hydrogen-bond acceptors (Lipinski definition) is 6. The smallest absolute Gasteiger partial charge is 0.488 e. The average molecular weight is 643 g/mol. The van der Waals surface area contributed by atoms with Gasteiger partial charge in [-0.25, -0.2) is 22.3 Å². The molecule has 2 aliphatic rings. The number of hydrogen-bond donors (Lipinski definition) is 2. The highest BCUT2D eigenvalue weighted by Gasteiger charge is 2.38. The number of aliphatic carboxylic acids is 1. The van der Waals surface area contributed by atoms with Crippen molar-refractivity contribution in [2.45, 2.75) is 63.4 Å². The molecule has 1 saturated carbocycles. The Morgan fingerprint density at radius 2 is 1.68 bits per heavy atom. The minimum atomic E-state index is -5.08. The molecule has 226 valence electrons. The number of nitrogens with one attached hydrogen (secondary N) is 1. The largest absolute Gasteiger partial charge is 0.490 e. The van der Waals surface area contributed by atoms with Gasteiger partial charge in [0.2, 0.25) is 10.0 Å². The summed E-state index contributed by atoms with van der Waals surface area (Å²) in [5.74, 6) is -3.96. The van der Waals surface area contributed by atoms with E-state index < -0.39 is 33.9 Å². The van der Waals surface area contributed by atoms with Crippen LogP contribution in [0.2, 0.25) is 10.0 Å². The molecular formula is C26H28Cl2F4N2O6S. The van der Waals surface area contributed by atoms with Crippen molar-refractivity contribution in [1.29, 1.82) is 0 Å². The number of piperidine rings is 1. The Morgan fingerprint density at radius 3 is 2.20 bits per heavy atom. The number of rotatable bonds is 7. The Hall–Kier alpha value is -2.61. The van der Waals surface area contributed by atoms with Gasteiger partial charge in [0.25, 0.3) is 5.91 Å². The Morgan fingerprint density at radius 1 is 1.10 bits per heavy atom. The van der Waals surface area contributed by atoms with E-state index in [1.807, 2.05) is 16.9 Å². The van der Waals surface area contributed by atoms with Crippen molar-refractivity contribution in [2.24, 2.45) is 0 Å². The van der Waals surface area contributed by atoms with Crippen LogP contribution in [0.3, 0.4) is 0 Å². The SMILES string of the molecule is C[C@H]1[C@@H](Oc2cc(F)c(C(=O)NS(C)(=O)=O)cc2C2CC2)CCCN1Cc1cc(Cl)cc(Cl)c1.O=C(O)C(F)(F)F. The third-order valence-corrected chi connectivity index (χ3v) is 7.51. The van der Waals surface area contributed by atoms with Crippen LogP contribution in [0.4, 0.5) is 17.6 Å². The number of likely N-dealkylation sites (tertiary alicyclic amines) is 1. The molecule has 1 aliphatic heterocycles. The van der Waals surface area contributed by atoms with E-state index in [1.54, 1.807) is 6.07 Å². The van der Waals surface area contributed by atoms with E-state index in [4.69, 9.17) is 37.8 Å². The number of ether oxygens (including phenoxy) is 1. The molecule has 4 rings (SSSR count). The Bertz CT molecular complexity index is 1380. The quantitative estimate of drug-likeness (QED) is 0.369. The highest BCUT2D eigenvalue weighted by molar-refractivity contribution is 7.89. The summed E-state index contributed by atoms with van der Waals surface area (Å²) in [5, 5.41) is 8.30. The van der Waals surface area contributed by atoms with E-state index >= 15 is 0 Å². The van der Waals surface area contributed by atoms with E-state index in [2.05, 4.69) is 11.8 Å². The molecule has 8 nitrogen and oxygen atoms in total. The molecule has 1 saturated heterocycles. The maximum Gasteiger partial charge on any atom is 0.490 e. The first-order chi connectivity index (χ1) is 18.9. The molecule has 2 N–H and O–H groups in total. The van der Waals surface area contributed by atoms with Gasteiger partial charge < -0.3 is 9.84 Å². The number of halogens is 6. The molecule has 2 aromatic carbocycles. The lowest BCUT2D eigenvalue weighted by molar-refractivity contribution is -0.192. The molecule has 2 atom stereocenters. The van der Waals surface area contributed by atoms with Gasteiger partial charge >= 0.3 is 12.1 Å². The van der Waals surface area contributed by atoms with Crippen LogP contribution >= 0.6 is 23.2 Å². The minimum Gasteiger partial charge on any atom is -0.488 e. The number of carbonyl (C=O) groups is 2. The van der Waals surface area contributed by atoms with Crippen molar-refractivity contribution in [1.82, 2.24) is 9.62 Å². The predicted molar refractivity (Wildman–Crippen MR) is 144 cm³/mol. The summed E-state index contributed by atoms with van der Waals surface area (Å²) in [7, 11) is -3.80. The monoisotopic (exact) mass is 642 g/mol. The van der Waals surface area contributed by atoms with Gasteiger partial charge in [-0.15, -0.1) is 0 Å². The minimum absolute atomic E-state index is 0.0508. The molecule has 0 aromatic heterocycles. The molecule has 0 radical (unpaired) electrons. The second kappa shape index (κ2) is 13.1. The van der Waals surface area contributed by atoms with Gasteiger partial charge in [-0.2, -0.15) is 13.2 Å². The highest BCUT2D eigenvalue weighted by atomic mass is 35.5. The zero-order valence-electron chi connectivity index (χ0n) is 22.0. The van der Waals surface area contributed by atoms with Crippen LogP contribution in [0.25, 0.3) is 0 Å². The first-order valence-electron chi connectivity index (χ1n) is 12.5. The summed E-state index contributed by atoms with van der Waals surface area (Å²) in [5.41, 5.74) is 1.46. The Kier molecular flexibility index (Phi) is 10.5. The standard InChI is InChI=1S/C24H27Cl2FN2O4S.C2HF3O2/c1-14-22(4-3-7-29(14)13-15-8-17(25)10-18(26)9-15)33-23-12-21(27)20(11-19(23)16-5-6-16)24(30)28-34(2,31)32;3-2(4,5)1(6)7/h8-12,14,16,22H,3-7,13H2,1-2H3,(H,28,30);(H,6,7)/t14-,22-;/m0./s1. The molecule has 0 unspecified atom stereocenters. The van der Waals surface area contributed by atoms with E-state index in [1.165, 1.54) is 12.1 Å². The molecule has 1 heterocycles. The topological polar surface area (TPSA) is 113 Å². The van der Waals surface area contributed by atoms with Gasteiger partial charge in [-0.05, 0) is 80.5 Å². The van der Waals surface area contributed by atoms with Crippen LogP contribution < -0.4 is 9.46 Å². The fourth-order valence-corrected chi connectivity index (χ4v) is 5.46. The molecule has 41 heavy (non-hydrogen) atoms. The summed E-state index contributed by atoms with van der Waals surface area (Å²) in [6.07, 6.45) is -0.838. The van der Waals surface area contributed by atoms with Gasteiger partial charge in [0.1, 0.15) is 17.7 Å². The van der Waals surface area contributed by atoms with E-state index in [0.29, 0.717) is 22.3 Å². The summed E-state index contributed by atoms with van der Waals surface area (Å²) >= 11 is 12.3. The number of alkyl halides is 3. The maximum absolute atomic E-state index is 14.9. The molecular weight excluding hydrogens is 615 g/mol. The fraction of sp³-hybridized carbons (Fsp3) is 0.462. The third kappa shape index (κ3) is 9.73. The summed E-state index contributed by atoms with van der Waals surface area (Å²) in [6.45, 7) is 3.63. The molecule has 15 heteroatoms. The second-order valence-electron chi connectivity index (χ2n) is 9.94. The van der Waals surface area contributed by atoms with Gasteiger partial charge in [-0.1, -0.05) is 23.2 Å². The molecule has 1 amide bonds. The lowest BCUT2D eigenvalue weighted by atomic mass is 9.98. The molecule has 1 aliphatic carbocycles. The zero-order valence-corrected chi connectivity index (χ0v) is 24.3. The molecule has 0 bridgehead atoms. The number of carbonyl (C=O) groups excluding carboxylic acids is 1. The zero-order chi connectivity index (χ0) is 30.7. The van der Waals surface area contributed by atoms with Gasteiger partial charge in [0, 0.05) is 28.7 Å². The average Bonchev–Trinajstić information content (AvgIpc) is 3.65. The molecule has 2 fully saturated rings. The number of carboxylic acids is 1. The van der Waals surface area contributed by atoms with Gasteiger partial charge in [0.05, 0.1) is 11.8 Å². The Balaban J connectivity index is 0.000000587. The summed E-state index contributed by atoms with van der Waals surface area (Å²) in [4.78, 5) is 23.5. The number of benzene rings is 2. The van der Waals surface area contributed by atoms with Crippen molar-refractivity contribution in [3.8, 4) is 5.75 Å². The fourth-order valence-electron chi connectivity index (χ4n) is 4.44. The highest BCUT2D eigenvalue weighted by Crippen LogP contribution is 2.46. The van der Waals surface area contributed by atoms with Crippen LogP contribution in [0, 0.1) is 5.82 Å². The first kappa shape index (κ1) is 32.9. The van der Waals surface area contributed by atoms with E-state index in [-0.39, 0.29) is 23.6 Å². The number of nitrogens with zero attached hydrogens (tertiary/aromatic N) is 1. The van der Waals surface area contributed by atoms with E-state index in [9.17, 15) is 30.8 Å². The van der Waals surface area contributed by atoms with Crippen molar-refractivity contribution >= 4 is 45.1 Å². The number of sulfonamides is 1. The molecule has 0 spiro atoms. The van der Waals surface area contributed by atoms with Crippen molar-refractivity contribution in [3.63, 3.8) is 0 Å².